The van der Waals surface area contributed by atoms with Gasteiger partial charge in [-0.25, -0.2) is 0 Å². The summed E-state index contributed by atoms with van der Waals surface area (Å²) in [6, 6.07) is 2.15. The van der Waals surface area contributed by atoms with Gasteiger partial charge in [0.2, 0.25) is 5.91 Å². The van der Waals surface area contributed by atoms with Crippen LogP contribution in [0, 0.1) is 0 Å². The number of unbranched alkanes of at least 4 members (excludes halogenated alkanes) is 1. The summed E-state index contributed by atoms with van der Waals surface area (Å²) in [5.41, 5.74) is 1.36. The average molecular weight is 223 g/mol. The van der Waals surface area contributed by atoms with Crippen LogP contribution in [0.25, 0.3) is 0 Å². The molecule has 82 valence electrons. The molecule has 0 saturated carbocycles. The lowest BCUT2D eigenvalue weighted by Gasteiger charge is -2.27. The average Bonchev–Trinajstić information content (AvgIpc) is 2.72. The Morgan fingerprint density at radius 1 is 1.60 bits per heavy atom. The molecule has 15 heavy (non-hydrogen) atoms. The van der Waals surface area contributed by atoms with E-state index in [1.807, 2.05) is 16.2 Å². The number of nitrogens with zero attached hydrogens (tertiary/aromatic N) is 1. The molecule has 0 saturated heterocycles. The highest BCUT2D eigenvalue weighted by atomic mass is 32.1. The standard InChI is InChI=1S/C12H17NOS/c1-2-3-4-12(14)13-7-5-11-10(9-13)6-8-15-11/h6,8H,2-5,7,9H2,1H3. The topological polar surface area (TPSA) is 20.3 Å². The number of fused-ring (bicyclic) bond motifs is 1. The second kappa shape index (κ2) is 4.79. The summed E-state index contributed by atoms with van der Waals surface area (Å²) in [5, 5.41) is 2.13. The van der Waals surface area contributed by atoms with Crippen molar-refractivity contribution >= 4 is 17.2 Å². The number of thiophene rings is 1. The Morgan fingerprint density at radius 3 is 3.27 bits per heavy atom. The van der Waals surface area contributed by atoms with Crippen LogP contribution in [0.15, 0.2) is 11.4 Å². The number of hydrogen-bond acceptors (Lipinski definition) is 2. The van der Waals surface area contributed by atoms with E-state index in [0.717, 1.165) is 38.8 Å². The normalized spacial score (nSPS) is 15.1. The van der Waals surface area contributed by atoms with E-state index in [-0.39, 0.29) is 0 Å². The van der Waals surface area contributed by atoms with Crippen molar-refractivity contribution in [2.75, 3.05) is 6.54 Å². The van der Waals surface area contributed by atoms with Crippen molar-refractivity contribution in [2.24, 2.45) is 0 Å². The zero-order valence-electron chi connectivity index (χ0n) is 9.16. The lowest BCUT2D eigenvalue weighted by molar-refractivity contribution is -0.132. The molecule has 1 aliphatic heterocycles. The molecule has 0 spiro atoms. The fraction of sp³-hybridized carbons (Fsp3) is 0.583. The van der Waals surface area contributed by atoms with E-state index in [0.29, 0.717) is 5.91 Å². The van der Waals surface area contributed by atoms with Crippen LogP contribution in [-0.4, -0.2) is 17.4 Å². The molecule has 1 aromatic heterocycles. The van der Waals surface area contributed by atoms with Gasteiger partial charge in [0.1, 0.15) is 0 Å². The van der Waals surface area contributed by atoms with Crippen LogP contribution < -0.4 is 0 Å². The van der Waals surface area contributed by atoms with E-state index in [2.05, 4.69) is 18.4 Å². The lowest BCUT2D eigenvalue weighted by atomic mass is 10.1. The molecular weight excluding hydrogens is 206 g/mol. The van der Waals surface area contributed by atoms with Gasteiger partial charge in [-0.2, -0.15) is 0 Å². The van der Waals surface area contributed by atoms with E-state index >= 15 is 0 Å². The molecular formula is C12H17NOS. The summed E-state index contributed by atoms with van der Waals surface area (Å²) in [6.07, 6.45) is 3.88. The highest BCUT2D eigenvalue weighted by Gasteiger charge is 2.20. The Labute approximate surface area is 94.9 Å². The number of amides is 1. The molecule has 0 aromatic carbocycles. The lowest BCUT2D eigenvalue weighted by Crippen LogP contribution is -2.35. The molecule has 0 bridgehead atoms. The Balaban J connectivity index is 1.94. The summed E-state index contributed by atoms with van der Waals surface area (Å²) in [4.78, 5) is 15.3. The summed E-state index contributed by atoms with van der Waals surface area (Å²) in [7, 11) is 0. The summed E-state index contributed by atoms with van der Waals surface area (Å²) in [5.74, 6) is 0.328. The molecule has 2 nitrogen and oxygen atoms in total. The van der Waals surface area contributed by atoms with Gasteiger partial charge in [-0.05, 0) is 29.9 Å². The third-order valence-electron chi connectivity index (χ3n) is 2.90. The van der Waals surface area contributed by atoms with Gasteiger partial charge in [0.15, 0.2) is 0 Å². The Kier molecular flexibility index (Phi) is 3.41. The smallest absolute Gasteiger partial charge is 0.222 e. The van der Waals surface area contributed by atoms with Crippen LogP contribution in [0.5, 0.6) is 0 Å². The summed E-state index contributed by atoms with van der Waals surface area (Å²) < 4.78 is 0. The molecule has 3 heteroatoms. The number of carbonyl (C=O) groups is 1. The van der Waals surface area contributed by atoms with Crippen LogP contribution in [0.3, 0.4) is 0 Å². The summed E-state index contributed by atoms with van der Waals surface area (Å²) >= 11 is 1.82. The van der Waals surface area contributed by atoms with Gasteiger partial charge in [-0.15, -0.1) is 11.3 Å². The Morgan fingerprint density at radius 2 is 2.47 bits per heavy atom. The molecule has 0 fully saturated rings. The maximum Gasteiger partial charge on any atom is 0.222 e. The first-order chi connectivity index (χ1) is 7.31. The first kappa shape index (κ1) is 10.7. The summed E-state index contributed by atoms with van der Waals surface area (Å²) in [6.45, 7) is 3.87. The minimum absolute atomic E-state index is 0.328. The fourth-order valence-electron chi connectivity index (χ4n) is 1.95. The van der Waals surface area contributed by atoms with Gasteiger partial charge < -0.3 is 4.90 Å². The third kappa shape index (κ3) is 2.40. The first-order valence-electron chi connectivity index (χ1n) is 5.64. The quantitative estimate of drug-likeness (QED) is 0.771. The molecule has 0 atom stereocenters. The zero-order valence-corrected chi connectivity index (χ0v) is 9.98. The second-order valence-corrected chi connectivity index (χ2v) is 5.04. The second-order valence-electron chi connectivity index (χ2n) is 4.04. The zero-order chi connectivity index (χ0) is 10.7. The Bertz CT molecular complexity index is 345. The number of hydrogen-bond donors (Lipinski definition) is 0. The van der Waals surface area contributed by atoms with Crippen LogP contribution in [-0.2, 0) is 17.8 Å². The van der Waals surface area contributed by atoms with Crippen molar-refractivity contribution in [3.8, 4) is 0 Å². The molecule has 1 amide bonds. The van der Waals surface area contributed by atoms with E-state index in [1.54, 1.807) is 0 Å². The van der Waals surface area contributed by atoms with Crippen molar-refractivity contribution < 1.29 is 4.79 Å². The van der Waals surface area contributed by atoms with Crippen molar-refractivity contribution in [1.29, 1.82) is 0 Å². The predicted molar refractivity (Wildman–Crippen MR) is 63.0 cm³/mol. The van der Waals surface area contributed by atoms with Gasteiger partial charge in [0, 0.05) is 24.4 Å². The third-order valence-corrected chi connectivity index (χ3v) is 3.93. The van der Waals surface area contributed by atoms with Crippen molar-refractivity contribution in [1.82, 2.24) is 4.90 Å². The van der Waals surface area contributed by atoms with E-state index < -0.39 is 0 Å². The van der Waals surface area contributed by atoms with Crippen molar-refractivity contribution in [2.45, 2.75) is 39.2 Å². The molecule has 1 aromatic rings. The van der Waals surface area contributed by atoms with Crippen LogP contribution >= 0.6 is 11.3 Å². The van der Waals surface area contributed by atoms with E-state index in [9.17, 15) is 4.79 Å². The number of rotatable bonds is 3. The van der Waals surface area contributed by atoms with Gasteiger partial charge >= 0.3 is 0 Å². The molecule has 2 rings (SSSR count). The molecule has 0 aliphatic carbocycles. The molecule has 0 radical (unpaired) electrons. The van der Waals surface area contributed by atoms with Gasteiger partial charge in [0.05, 0.1) is 0 Å². The molecule has 0 N–H and O–H groups in total. The van der Waals surface area contributed by atoms with Crippen molar-refractivity contribution in [3.63, 3.8) is 0 Å². The van der Waals surface area contributed by atoms with Crippen LogP contribution in [0.2, 0.25) is 0 Å². The molecule has 0 unspecified atom stereocenters. The van der Waals surface area contributed by atoms with Gasteiger partial charge in [-0.1, -0.05) is 13.3 Å². The monoisotopic (exact) mass is 223 g/mol. The van der Waals surface area contributed by atoms with Gasteiger partial charge in [0.25, 0.3) is 0 Å². The van der Waals surface area contributed by atoms with Crippen LogP contribution in [0.4, 0.5) is 0 Å². The maximum absolute atomic E-state index is 11.8. The predicted octanol–water partition coefficient (Wildman–Crippen LogP) is 2.82. The fourth-order valence-corrected chi connectivity index (χ4v) is 2.84. The Hall–Kier alpha value is -0.830. The van der Waals surface area contributed by atoms with E-state index in [4.69, 9.17) is 0 Å². The number of carbonyl (C=O) groups excluding carboxylic acids is 1. The maximum atomic E-state index is 11.8. The van der Waals surface area contributed by atoms with Crippen LogP contribution in [0.1, 0.15) is 36.6 Å². The SMILES string of the molecule is CCCCC(=O)N1CCc2sccc2C1. The molecule has 2 heterocycles. The van der Waals surface area contributed by atoms with Crippen molar-refractivity contribution in [3.05, 3.63) is 21.9 Å². The first-order valence-corrected chi connectivity index (χ1v) is 6.52. The minimum Gasteiger partial charge on any atom is -0.338 e. The highest BCUT2D eigenvalue weighted by Crippen LogP contribution is 2.24. The highest BCUT2D eigenvalue weighted by molar-refractivity contribution is 7.10. The van der Waals surface area contributed by atoms with E-state index in [1.165, 1.54) is 10.4 Å². The largest absolute Gasteiger partial charge is 0.338 e. The van der Waals surface area contributed by atoms with Gasteiger partial charge in [-0.3, -0.25) is 4.79 Å². The minimum atomic E-state index is 0.328. The molecule has 1 aliphatic rings.